The van der Waals surface area contributed by atoms with Gasteiger partial charge in [-0.15, -0.1) is 0 Å². The Bertz CT molecular complexity index is 942. The molecule has 0 aliphatic carbocycles. The number of nitro groups is 1. The van der Waals surface area contributed by atoms with E-state index in [1.807, 2.05) is 5.43 Å². The van der Waals surface area contributed by atoms with Crippen molar-refractivity contribution in [2.45, 2.75) is 6.18 Å². The van der Waals surface area contributed by atoms with Gasteiger partial charge in [-0.3, -0.25) is 19.7 Å². The van der Waals surface area contributed by atoms with Crippen molar-refractivity contribution in [2.75, 3.05) is 5.32 Å². The van der Waals surface area contributed by atoms with Crippen LogP contribution in [0.2, 0.25) is 0 Å². The number of phenols is 1. The number of hydrogen-bond donors (Lipinski definition) is 3. The molecule has 0 aliphatic rings. The van der Waals surface area contributed by atoms with E-state index in [2.05, 4.69) is 10.4 Å². The Hall–Kier alpha value is -3.96. The molecule has 0 radical (unpaired) electrons. The summed E-state index contributed by atoms with van der Waals surface area (Å²) in [5, 5.41) is 25.7. The first kappa shape index (κ1) is 20.4. The molecule has 0 bridgehead atoms. The molecular formula is C16H11F3N4O5. The molecule has 3 N–H and O–H groups in total. The molecule has 2 aromatic rings. The number of aromatic hydroxyl groups is 1. The summed E-state index contributed by atoms with van der Waals surface area (Å²) < 4.78 is 37.4. The van der Waals surface area contributed by atoms with Crippen LogP contribution in [0, 0.1) is 10.1 Å². The fourth-order valence-corrected chi connectivity index (χ4v) is 1.90. The summed E-state index contributed by atoms with van der Waals surface area (Å²) in [5.41, 5.74) is 0.439. The minimum Gasteiger partial charge on any atom is -0.507 e. The Morgan fingerprint density at radius 1 is 1.11 bits per heavy atom. The number of nitro benzene ring substituents is 1. The lowest BCUT2D eigenvalue weighted by atomic mass is 10.2. The van der Waals surface area contributed by atoms with E-state index in [4.69, 9.17) is 0 Å². The molecule has 0 unspecified atom stereocenters. The third-order valence-electron chi connectivity index (χ3n) is 3.27. The van der Waals surface area contributed by atoms with Crippen molar-refractivity contribution < 1.29 is 32.8 Å². The van der Waals surface area contributed by atoms with Crippen LogP contribution < -0.4 is 10.7 Å². The lowest BCUT2D eigenvalue weighted by Gasteiger charge is -2.08. The van der Waals surface area contributed by atoms with Crippen LogP contribution in [-0.4, -0.2) is 28.1 Å². The smallest absolute Gasteiger partial charge is 0.416 e. The minimum absolute atomic E-state index is 0.0477. The van der Waals surface area contributed by atoms with Crippen LogP contribution in [-0.2, 0) is 15.8 Å². The molecule has 12 heteroatoms. The van der Waals surface area contributed by atoms with E-state index in [0.717, 1.165) is 48.7 Å². The fraction of sp³-hybridized carbons (Fsp3) is 0.0625. The number of benzene rings is 2. The van der Waals surface area contributed by atoms with Crippen molar-refractivity contribution in [3.63, 3.8) is 0 Å². The predicted molar refractivity (Wildman–Crippen MR) is 90.6 cm³/mol. The highest BCUT2D eigenvalue weighted by atomic mass is 19.4. The highest BCUT2D eigenvalue weighted by Crippen LogP contribution is 2.29. The fourth-order valence-electron chi connectivity index (χ4n) is 1.90. The quantitative estimate of drug-likeness (QED) is 0.316. The SMILES string of the molecule is O=C(N/N=C\c1cc([N+](=O)[O-])ccc1O)C(=O)Nc1ccc(C(F)(F)F)cc1. The number of carbonyl (C=O) groups excluding carboxylic acids is 2. The zero-order valence-corrected chi connectivity index (χ0v) is 13.7. The topological polar surface area (TPSA) is 134 Å². The highest BCUT2D eigenvalue weighted by Gasteiger charge is 2.30. The van der Waals surface area contributed by atoms with Gasteiger partial charge in [0.2, 0.25) is 0 Å². The second kappa shape index (κ2) is 8.16. The second-order valence-electron chi connectivity index (χ2n) is 5.23. The average molecular weight is 396 g/mol. The molecule has 2 aromatic carbocycles. The number of hydrogen-bond acceptors (Lipinski definition) is 6. The maximum Gasteiger partial charge on any atom is 0.416 e. The number of hydrazone groups is 1. The van der Waals surface area contributed by atoms with Gasteiger partial charge in [-0.25, -0.2) is 5.43 Å². The molecule has 146 valence electrons. The normalized spacial score (nSPS) is 11.2. The number of nitrogens with zero attached hydrogens (tertiary/aromatic N) is 2. The molecule has 0 aromatic heterocycles. The van der Waals surface area contributed by atoms with Crippen LogP contribution in [0.25, 0.3) is 0 Å². The molecule has 0 aliphatic heterocycles. The van der Waals surface area contributed by atoms with Crippen molar-refractivity contribution in [1.29, 1.82) is 0 Å². The molecular weight excluding hydrogens is 385 g/mol. The number of amides is 2. The van der Waals surface area contributed by atoms with E-state index in [-0.39, 0.29) is 22.7 Å². The van der Waals surface area contributed by atoms with E-state index in [9.17, 15) is 38.0 Å². The lowest BCUT2D eigenvalue weighted by Crippen LogP contribution is -2.32. The van der Waals surface area contributed by atoms with Crippen LogP contribution in [0.5, 0.6) is 5.75 Å². The number of phenolic OH excluding ortho intramolecular Hbond substituents is 1. The van der Waals surface area contributed by atoms with Gasteiger partial charge in [-0.05, 0) is 30.3 Å². The molecule has 0 atom stereocenters. The van der Waals surface area contributed by atoms with Crippen LogP contribution in [0.1, 0.15) is 11.1 Å². The number of rotatable bonds is 4. The predicted octanol–water partition coefficient (Wildman–Crippen LogP) is 2.41. The van der Waals surface area contributed by atoms with Gasteiger partial charge < -0.3 is 10.4 Å². The van der Waals surface area contributed by atoms with E-state index >= 15 is 0 Å². The first-order valence-electron chi connectivity index (χ1n) is 7.37. The minimum atomic E-state index is -4.54. The molecule has 2 rings (SSSR count). The van der Waals surface area contributed by atoms with E-state index in [1.54, 1.807) is 0 Å². The zero-order chi connectivity index (χ0) is 20.9. The molecule has 0 saturated carbocycles. The molecule has 0 heterocycles. The van der Waals surface area contributed by atoms with E-state index in [1.165, 1.54) is 0 Å². The Morgan fingerprint density at radius 3 is 2.32 bits per heavy atom. The second-order valence-corrected chi connectivity index (χ2v) is 5.23. The van der Waals surface area contributed by atoms with Crippen molar-refractivity contribution in [3.8, 4) is 5.75 Å². The monoisotopic (exact) mass is 396 g/mol. The molecule has 0 spiro atoms. The maximum absolute atomic E-state index is 12.5. The molecule has 28 heavy (non-hydrogen) atoms. The summed E-state index contributed by atoms with van der Waals surface area (Å²) in [5.74, 6) is -2.81. The lowest BCUT2D eigenvalue weighted by molar-refractivity contribution is -0.384. The van der Waals surface area contributed by atoms with E-state index in [0.29, 0.717) is 0 Å². The van der Waals surface area contributed by atoms with Crippen LogP contribution >= 0.6 is 0 Å². The summed E-state index contributed by atoms with van der Waals surface area (Å²) in [6.45, 7) is 0. The molecule has 0 fully saturated rings. The Labute approximate surface area is 154 Å². The third kappa shape index (κ3) is 5.27. The summed E-state index contributed by atoms with van der Waals surface area (Å²) >= 11 is 0. The van der Waals surface area contributed by atoms with Gasteiger partial charge in [0.25, 0.3) is 5.69 Å². The average Bonchev–Trinajstić information content (AvgIpc) is 2.62. The number of nitrogens with one attached hydrogen (secondary N) is 2. The molecule has 9 nitrogen and oxygen atoms in total. The first-order valence-corrected chi connectivity index (χ1v) is 7.37. The van der Waals surface area contributed by atoms with Crippen LogP contribution in [0.3, 0.4) is 0 Å². The Kier molecular flexibility index (Phi) is 5.93. The molecule has 0 saturated heterocycles. The van der Waals surface area contributed by atoms with Crippen molar-refractivity contribution in [2.24, 2.45) is 5.10 Å². The van der Waals surface area contributed by atoms with Gasteiger partial charge in [0.1, 0.15) is 5.75 Å². The van der Waals surface area contributed by atoms with Gasteiger partial charge in [-0.2, -0.15) is 18.3 Å². The highest BCUT2D eigenvalue weighted by molar-refractivity contribution is 6.39. The number of alkyl halides is 3. The number of anilines is 1. The van der Waals surface area contributed by atoms with Crippen molar-refractivity contribution in [3.05, 3.63) is 63.7 Å². The van der Waals surface area contributed by atoms with Crippen LogP contribution in [0.15, 0.2) is 47.6 Å². The standard InChI is InChI=1S/C16H11F3N4O5/c17-16(18,19)10-1-3-11(4-2-10)21-14(25)15(26)22-20-8-9-7-12(23(27)28)5-6-13(9)24/h1-8,24H,(H,21,25)(H,22,26)/b20-8-. The van der Waals surface area contributed by atoms with Gasteiger partial charge in [0.15, 0.2) is 0 Å². The van der Waals surface area contributed by atoms with Crippen molar-refractivity contribution >= 4 is 29.4 Å². The van der Waals surface area contributed by atoms with Gasteiger partial charge in [0.05, 0.1) is 16.7 Å². The Morgan fingerprint density at radius 2 is 1.75 bits per heavy atom. The first-order chi connectivity index (χ1) is 13.1. The third-order valence-corrected chi connectivity index (χ3v) is 3.27. The maximum atomic E-state index is 12.5. The summed E-state index contributed by atoms with van der Waals surface area (Å²) in [6, 6.07) is 6.51. The number of carbonyl (C=O) groups is 2. The van der Waals surface area contributed by atoms with Gasteiger partial charge >= 0.3 is 18.0 Å². The number of halogens is 3. The van der Waals surface area contributed by atoms with Crippen LogP contribution in [0.4, 0.5) is 24.5 Å². The Balaban J connectivity index is 1.98. The summed E-state index contributed by atoms with van der Waals surface area (Å²) in [4.78, 5) is 33.3. The summed E-state index contributed by atoms with van der Waals surface area (Å²) in [7, 11) is 0. The van der Waals surface area contributed by atoms with Crippen molar-refractivity contribution in [1.82, 2.24) is 5.43 Å². The largest absolute Gasteiger partial charge is 0.507 e. The zero-order valence-electron chi connectivity index (χ0n) is 13.7. The van der Waals surface area contributed by atoms with E-state index < -0.39 is 28.5 Å². The molecule has 2 amide bonds. The van der Waals surface area contributed by atoms with Gasteiger partial charge in [-0.1, -0.05) is 0 Å². The van der Waals surface area contributed by atoms with Gasteiger partial charge in [0, 0.05) is 23.4 Å². The summed E-state index contributed by atoms with van der Waals surface area (Å²) in [6.07, 6.45) is -3.65. The number of non-ortho nitro benzene ring substituents is 1.